The number of aromatic nitrogens is 4. The van der Waals surface area contributed by atoms with Crippen molar-refractivity contribution in [1.29, 1.82) is 0 Å². The van der Waals surface area contributed by atoms with Crippen LogP contribution in [0.5, 0.6) is 17.4 Å². The number of fused-ring (bicyclic) bond motifs is 6. The molecule has 7 heteroatoms. The van der Waals surface area contributed by atoms with Gasteiger partial charge in [-0.3, -0.25) is 0 Å². The first-order valence-electron chi connectivity index (χ1n) is 16.5. The molecule has 0 bridgehead atoms. The molecule has 1 aliphatic heterocycles. The molecule has 0 atom stereocenters. The maximum atomic E-state index is 11.2. The second-order valence-corrected chi connectivity index (χ2v) is 13.6. The van der Waals surface area contributed by atoms with Gasteiger partial charge in [0, 0.05) is 56.4 Å². The summed E-state index contributed by atoms with van der Waals surface area (Å²) in [5, 5.41) is 13.4. The third-order valence-corrected chi connectivity index (χ3v) is 9.71. The summed E-state index contributed by atoms with van der Waals surface area (Å²) in [6.07, 6.45) is 3.82. The number of hydrogen-bond acceptors (Lipinski definition) is 4. The molecule has 1 N–H and O–H groups in total. The Bertz CT molecular complexity index is 2490. The van der Waals surface area contributed by atoms with E-state index in [2.05, 4.69) is 103 Å². The summed E-state index contributed by atoms with van der Waals surface area (Å²) in [5.74, 6) is 1.94. The van der Waals surface area contributed by atoms with Crippen molar-refractivity contribution < 1.29 is 30.9 Å². The van der Waals surface area contributed by atoms with Crippen LogP contribution in [-0.2, 0) is 32.0 Å². The normalized spacial score (nSPS) is 13.2. The number of ether oxygens (including phenoxy) is 1. The van der Waals surface area contributed by atoms with Crippen LogP contribution in [0.3, 0.4) is 0 Å². The first-order valence-corrected chi connectivity index (χ1v) is 16.5. The largest absolute Gasteiger partial charge is 0.506 e. The Morgan fingerprint density at radius 3 is 2.18 bits per heavy atom. The molecular formula is C43H33N4O2Pt-. The van der Waals surface area contributed by atoms with Gasteiger partial charge in [-0.2, -0.15) is 6.07 Å². The van der Waals surface area contributed by atoms with Crippen LogP contribution in [-0.4, -0.2) is 24.2 Å². The summed E-state index contributed by atoms with van der Waals surface area (Å²) in [5.41, 5.74) is 6.81. The Kier molecular flexibility index (Phi) is 7.54. The van der Waals surface area contributed by atoms with Crippen molar-refractivity contribution in [3.63, 3.8) is 0 Å². The smallest absolute Gasteiger partial charge is 0.217 e. The van der Waals surface area contributed by atoms with Gasteiger partial charge in [0.2, 0.25) is 5.88 Å². The van der Waals surface area contributed by atoms with E-state index in [0.29, 0.717) is 23.0 Å². The van der Waals surface area contributed by atoms with Gasteiger partial charge in [-0.15, -0.1) is 17.5 Å². The van der Waals surface area contributed by atoms with E-state index in [1.807, 2.05) is 67.0 Å². The summed E-state index contributed by atoms with van der Waals surface area (Å²) in [7, 11) is 0. The Balaban J connectivity index is 0.00000361. The number of benzene rings is 4. The summed E-state index contributed by atoms with van der Waals surface area (Å²) in [4.78, 5) is 9.87. The van der Waals surface area contributed by atoms with Crippen molar-refractivity contribution in [2.45, 2.75) is 31.7 Å². The molecule has 248 valence electrons. The fraction of sp³-hybridized carbons (Fsp3) is 0.116. The van der Waals surface area contributed by atoms with Crippen molar-refractivity contribution in [2.75, 3.05) is 0 Å². The second-order valence-electron chi connectivity index (χ2n) is 13.6. The monoisotopic (exact) mass is 832 g/mol. The predicted molar refractivity (Wildman–Crippen MR) is 194 cm³/mol. The van der Waals surface area contributed by atoms with Crippen LogP contribution >= 0.6 is 0 Å². The van der Waals surface area contributed by atoms with Gasteiger partial charge >= 0.3 is 0 Å². The number of pyridine rings is 2. The fourth-order valence-electron chi connectivity index (χ4n) is 7.44. The second kappa shape index (κ2) is 11.9. The fourth-order valence-corrected chi connectivity index (χ4v) is 7.44. The maximum absolute atomic E-state index is 11.2. The molecule has 0 saturated heterocycles. The Morgan fingerprint density at radius 2 is 1.46 bits per heavy atom. The molecule has 50 heavy (non-hydrogen) atoms. The van der Waals surface area contributed by atoms with Crippen LogP contribution in [0.25, 0.3) is 39.0 Å². The number of nitrogens with zero attached hydrogens (tertiary/aromatic N) is 4. The molecule has 0 fully saturated rings. The van der Waals surface area contributed by atoms with Crippen LogP contribution in [0.15, 0.2) is 140 Å². The molecule has 1 aliphatic rings. The van der Waals surface area contributed by atoms with Gasteiger partial charge in [-0.25, -0.2) is 9.97 Å². The van der Waals surface area contributed by atoms with E-state index in [9.17, 15) is 5.11 Å². The number of para-hydroxylation sites is 1. The summed E-state index contributed by atoms with van der Waals surface area (Å²) in [6, 6.07) is 46.6. The van der Waals surface area contributed by atoms with Gasteiger partial charge in [0.25, 0.3) is 0 Å². The zero-order valence-electron chi connectivity index (χ0n) is 27.7. The molecule has 6 nitrogen and oxygen atoms in total. The van der Waals surface area contributed by atoms with Crippen LogP contribution in [0.2, 0.25) is 0 Å². The van der Waals surface area contributed by atoms with E-state index in [4.69, 9.17) is 14.7 Å². The summed E-state index contributed by atoms with van der Waals surface area (Å²) >= 11 is 0. The first-order chi connectivity index (χ1) is 23.8. The average molecular weight is 833 g/mol. The van der Waals surface area contributed by atoms with Gasteiger partial charge in [0.15, 0.2) is 0 Å². The van der Waals surface area contributed by atoms with Gasteiger partial charge in [-0.05, 0) is 57.8 Å². The van der Waals surface area contributed by atoms with Crippen molar-refractivity contribution in [3.05, 3.63) is 168 Å². The van der Waals surface area contributed by atoms with E-state index in [1.54, 1.807) is 6.07 Å². The zero-order chi connectivity index (χ0) is 33.3. The third kappa shape index (κ3) is 4.73. The summed E-state index contributed by atoms with van der Waals surface area (Å²) < 4.78 is 10.8. The minimum Gasteiger partial charge on any atom is -0.506 e. The van der Waals surface area contributed by atoms with Gasteiger partial charge in [0.1, 0.15) is 28.5 Å². The predicted octanol–water partition coefficient (Wildman–Crippen LogP) is 9.79. The molecule has 0 radical (unpaired) electrons. The Labute approximate surface area is 304 Å². The van der Waals surface area contributed by atoms with E-state index in [-0.39, 0.29) is 32.2 Å². The van der Waals surface area contributed by atoms with Gasteiger partial charge in [-0.1, -0.05) is 105 Å². The Hall–Kier alpha value is -5.45. The topological polar surface area (TPSA) is 65.1 Å². The van der Waals surface area contributed by atoms with Crippen molar-refractivity contribution in [2.24, 2.45) is 0 Å². The molecule has 4 aromatic heterocycles. The molecule has 8 aromatic rings. The quantitative estimate of drug-likeness (QED) is 0.176. The zero-order valence-corrected chi connectivity index (χ0v) is 30.0. The van der Waals surface area contributed by atoms with Crippen molar-refractivity contribution in [3.8, 4) is 34.6 Å². The van der Waals surface area contributed by atoms with Crippen LogP contribution in [0, 0.1) is 6.07 Å². The molecule has 5 heterocycles. The van der Waals surface area contributed by atoms with E-state index in [1.165, 1.54) is 5.56 Å². The molecule has 0 saturated carbocycles. The van der Waals surface area contributed by atoms with Crippen LogP contribution < -0.4 is 4.74 Å². The van der Waals surface area contributed by atoms with Crippen LogP contribution in [0.1, 0.15) is 43.0 Å². The molecule has 0 spiro atoms. The minimum absolute atomic E-state index is 0. The molecule has 4 aromatic carbocycles. The van der Waals surface area contributed by atoms with E-state index < -0.39 is 5.54 Å². The molecule has 0 unspecified atom stereocenters. The van der Waals surface area contributed by atoms with Crippen molar-refractivity contribution in [1.82, 2.24) is 19.1 Å². The number of rotatable bonds is 5. The molecule has 9 rings (SSSR count). The Morgan fingerprint density at radius 1 is 0.760 bits per heavy atom. The first kappa shape index (κ1) is 31.8. The molecule has 0 amide bonds. The van der Waals surface area contributed by atoms with Crippen LogP contribution in [0.4, 0.5) is 0 Å². The molecule has 0 aliphatic carbocycles. The van der Waals surface area contributed by atoms with Gasteiger partial charge < -0.3 is 19.0 Å². The number of aromatic hydroxyl groups is 1. The average Bonchev–Trinajstić information content (AvgIpc) is 3.76. The minimum atomic E-state index is -0.722. The molecular weight excluding hydrogens is 800 g/mol. The van der Waals surface area contributed by atoms with Gasteiger partial charge in [0.05, 0.1) is 0 Å². The summed E-state index contributed by atoms with van der Waals surface area (Å²) in [6.45, 7) is 6.63. The SMILES string of the molecule is CC(C)(C)c1ccnc(-n2c3[c-]c(Oc4ccc5c(n4)-c4c(O)ccn4C5(c4ccccc4)c4ccccc4)ccc3c3ccccc32)c1.[Pt]. The third-order valence-electron chi connectivity index (χ3n) is 9.71. The van der Waals surface area contributed by atoms with Crippen molar-refractivity contribution >= 4 is 21.8 Å². The number of hydrogen-bond donors (Lipinski definition) is 1. The van der Waals surface area contributed by atoms with E-state index >= 15 is 0 Å². The standard InChI is InChI=1S/C43H33N4O2.Pt/c1-42(2,3)30-22-24-44-38(26-30)47-35-17-11-10-16-32(35)33-19-18-31(27-36(33)47)49-39-21-20-34-40(45-39)41-37(48)23-25-46(41)43(34,28-12-6-4-7-13-28)29-14-8-5-9-15-29;/h4-26,48H,1-3H3;/q-1;. The maximum Gasteiger partial charge on any atom is 0.217 e. The van der Waals surface area contributed by atoms with E-state index in [0.717, 1.165) is 44.3 Å².